The summed E-state index contributed by atoms with van der Waals surface area (Å²) in [6, 6.07) is 4.07. The molecule has 2 aromatic heterocycles. The maximum absolute atomic E-state index is 4.69. The summed E-state index contributed by atoms with van der Waals surface area (Å²) in [6.07, 6.45) is 8.63. The minimum absolute atomic E-state index is 0.849. The molecule has 110 valence electrons. The summed E-state index contributed by atoms with van der Waals surface area (Å²) in [4.78, 5) is 16.1. The smallest absolute Gasteiger partial charge is 0.158 e. The monoisotopic (exact) mass is 282 g/mol. The van der Waals surface area contributed by atoms with Gasteiger partial charge >= 0.3 is 0 Å². The third-order valence-corrected chi connectivity index (χ3v) is 5.19. The van der Waals surface area contributed by atoms with Gasteiger partial charge in [-0.1, -0.05) is 19.3 Å². The lowest BCUT2D eigenvalue weighted by molar-refractivity contribution is 0.202. The van der Waals surface area contributed by atoms with Gasteiger partial charge in [0.05, 0.1) is 5.52 Å². The van der Waals surface area contributed by atoms with Crippen LogP contribution in [-0.2, 0) is 0 Å². The topological polar surface area (TPSA) is 41.9 Å². The Morgan fingerprint density at radius 2 is 1.90 bits per heavy atom. The first kappa shape index (κ1) is 13.0. The second-order valence-corrected chi connectivity index (χ2v) is 6.56. The number of anilines is 1. The molecule has 0 aromatic carbocycles. The Morgan fingerprint density at radius 1 is 1.05 bits per heavy atom. The van der Waals surface area contributed by atoms with E-state index in [1.165, 1.54) is 32.1 Å². The molecule has 0 bridgehead atoms. The fourth-order valence-corrected chi connectivity index (χ4v) is 4.05. The molecule has 2 aliphatic rings. The summed E-state index contributed by atoms with van der Waals surface area (Å²) >= 11 is 0. The van der Waals surface area contributed by atoms with Crippen molar-refractivity contribution in [3.63, 3.8) is 0 Å². The van der Waals surface area contributed by atoms with E-state index in [1.807, 2.05) is 13.0 Å². The van der Waals surface area contributed by atoms with Gasteiger partial charge in [0.2, 0.25) is 0 Å². The largest absolute Gasteiger partial charge is 0.354 e. The molecular formula is C17H22N4. The van der Waals surface area contributed by atoms with Crippen molar-refractivity contribution in [3.05, 3.63) is 24.2 Å². The molecular weight excluding hydrogens is 260 g/mol. The van der Waals surface area contributed by atoms with E-state index in [2.05, 4.69) is 25.9 Å². The number of aryl methyl sites for hydroxylation is 1. The van der Waals surface area contributed by atoms with Gasteiger partial charge in [0.15, 0.2) is 5.82 Å². The van der Waals surface area contributed by atoms with E-state index in [9.17, 15) is 0 Å². The zero-order chi connectivity index (χ0) is 14.2. The Balaban J connectivity index is 1.68. The molecule has 1 saturated carbocycles. The number of fused-ring (bicyclic) bond motifs is 2. The molecule has 1 aliphatic carbocycles. The van der Waals surface area contributed by atoms with E-state index >= 15 is 0 Å². The normalized spacial score (nSPS) is 25.9. The summed E-state index contributed by atoms with van der Waals surface area (Å²) in [5, 5.41) is 0. The van der Waals surface area contributed by atoms with Crippen molar-refractivity contribution in [2.45, 2.75) is 39.0 Å². The lowest BCUT2D eigenvalue weighted by Gasteiger charge is -2.41. The van der Waals surface area contributed by atoms with Crippen molar-refractivity contribution in [2.24, 2.45) is 11.8 Å². The van der Waals surface area contributed by atoms with Crippen molar-refractivity contribution < 1.29 is 0 Å². The summed E-state index contributed by atoms with van der Waals surface area (Å²) in [5.41, 5.74) is 2.95. The first-order valence-corrected chi connectivity index (χ1v) is 8.14. The molecule has 4 heteroatoms. The Kier molecular flexibility index (Phi) is 3.24. The van der Waals surface area contributed by atoms with E-state index in [1.54, 1.807) is 6.33 Å². The number of rotatable bonds is 1. The summed E-state index contributed by atoms with van der Waals surface area (Å²) in [7, 11) is 0. The highest BCUT2D eigenvalue weighted by Crippen LogP contribution is 2.37. The first-order valence-electron chi connectivity index (χ1n) is 8.14. The quantitative estimate of drug-likeness (QED) is 0.804. The van der Waals surface area contributed by atoms with Crippen LogP contribution in [0.1, 0.15) is 37.8 Å². The van der Waals surface area contributed by atoms with E-state index in [0.29, 0.717) is 0 Å². The van der Waals surface area contributed by atoms with Crippen LogP contribution >= 0.6 is 0 Å². The van der Waals surface area contributed by atoms with Crippen LogP contribution in [0.4, 0.5) is 5.82 Å². The maximum Gasteiger partial charge on any atom is 0.158 e. The van der Waals surface area contributed by atoms with E-state index < -0.39 is 0 Å². The van der Waals surface area contributed by atoms with E-state index in [-0.39, 0.29) is 0 Å². The fourth-order valence-electron chi connectivity index (χ4n) is 4.05. The lowest BCUT2D eigenvalue weighted by atomic mass is 9.75. The average Bonchev–Trinajstić information content (AvgIpc) is 2.54. The number of pyridine rings is 1. The SMILES string of the molecule is Cc1ccc2ncnc(N3CC[C@@H]4CCCC[C@H]4C3)c2n1. The molecule has 2 aromatic rings. The third kappa shape index (κ3) is 2.37. The number of nitrogens with zero attached hydrogens (tertiary/aromatic N) is 4. The molecule has 1 aliphatic heterocycles. The van der Waals surface area contributed by atoms with Gasteiger partial charge in [0.25, 0.3) is 0 Å². The molecule has 4 nitrogen and oxygen atoms in total. The minimum Gasteiger partial charge on any atom is -0.354 e. The Bertz CT molecular complexity index is 654. The molecule has 2 fully saturated rings. The standard InChI is InChI=1S/C17H22N4/c1-12-6-7-15-16(20-12)17(19-11-18-15)21-9-8-13-4-2-3-5-14(13)10-21/h6-7,11,13-14H,2-5,8-10H2,1H3/t13-,14-/m0/s1. The van der Waals surface area contributed by atoms with Crippen LogP contribution in [0.5, 0.6) is 0 Å². The van der Waals surface area contributed by atoms with Crippen LogP contribution in [-0.4, -0.2) is 28.0 Å². The molecule has 0 N–H and O–H groups in total. The number of piperidine rings is 1. The summed E-state index contributed by atoms with van der Waals surface area (Å²) < 4.78 is 0. The van der Waals surface area contributed by atoms with Crippen molar-refractivity contribution in [3.8, 4) is 0 Å². The fraction of sp³-hybridized carbons (Fsp3) is 0.588. The average molecular weight is 282 g/mol. The predicted octanol–water partition coefficient (Wildman–Crippen LogP) is 3.35. The molecule has 3 heterocycles. The summed E-state index contributed by atoms with van der Waals surface area (Å²) in [5.74, 6) is 2.83. The van der Waals surface area contributed by atoms with Gasteiger partial charge in [-0.3, -0.25) is 0 Å². The van der Waals surface area contributed by atoms with E-state index in [4.69, 9.17) is 0 Å². The molecule has 21 heavy (non-hydrogen) atoms. The van der Waals surface area contributed by atoms with E-state index in [0.717, 1.165) is 47.5 Å². The third-order valence-electron chi connectivity index (χ3n) is 5.19. The molecule has 2 atom stereocenters. The Morgan fingerprint density at radius 3 is 2.81 bits per heavy atom. The highest BCUT2D eigenvalue weighted by atomic mass is 15.2. The highest BCUT2D eigenvalue weighted by Gasteiger charge is 2.32. The second kappa shape index (κ2) is 5.24. The van der Waals surface area contributed by atoms with Gasteiger partial charge in [0.1, 0.15) is 11.8 Å². The van der Waals surface area contributed by atoms with Gasteiger partial charge in [-0.2, -0.15) is 0 Å². The molecule has 4 rings (SSSR count). The van der Waals surface area contributed by atoms with Gasteiger partial charge in [-0.25, -0.2) is 15.0 Å². The first-order chi connectivity index (χ1) is 10.3. The van der Waals surface area contributed by atoms with Gasteiger partial charge < -0.3 is 4.90 Å². The molecule has 0 unspecified atom stereocenters. The second-order valence-electron chi connectivity index (χ2n) is 6.56. The molecule has 0 amide bonds. The summed E-state index contributed by atoms with van der Waals surface area (Å²) in [6.45, 7) is 4.29. The highest BCUT2D eigenvalue weighted by molar-refractivity contribution is 5.85. The zero-order valence-electron chi connectivity index (χ0n) is 12.6. The molecule has 1 saturated heterocycles. The number of aromatic nitrogens is 3. The Hall–Kier alpha value is -1.71. The van der Waals surface area contributed by atoms with Crippen LogP contribution in [0.25, 0.3) is 11.0 Å². The van der Waals surface area contributed by atoms with Gasteiger partial charge in [-0.15, -0.1) is 0 Å². The van der Waals surface area contributed by atoms with Crippen LogP contribution < -0.4 is 4.90 Å². The number of hydrogen-bond donors (Lipinski definition) is 0. The van der Waals surface area contributed by atoms with Gasteiger partial charge in [-0.05, 0) is 43.7 Å². The minimum atomic E-state index is 0.849. The molecule has 0 radical (unpaired) electrons. The van der Waals surface area contributed by atoms with Gasteiger partial charge in [0, 0.05) is 18.8 Å². The van der Waals surface area contributed by atoms with Crippen molar-refractivity contribution in [2.75, 3.05) is 18.0 Å². The van der Waals surface area contributed by atoms with Crippen molar-refractivity contribution >= 4 is 16.9 Å². The zero-order valence-corrected chi connectivity index (χ0v) is 12.6. The molecule has 0 spiro atoms. The van der Waals surface area contributed by atoms with Crippen molar-refractivity contribution in [1.29, 1.82) is 0 Å². The van der Waals surface area contributed by atoms with Crippen molar-refractivity contribution in [1.82, 2.24) is 15.0 Å². The Labute approximate surface area is 125 Å². The number of hydrogen-bond acceptors (Lipinski definition) is 4. The van der Waals surface area contributed by atoms with Crippen LogP contribution in [0.3, 0.4) is 0 Å². The van der Waals surface area contributed by atoms with Crippen LogP contribution in [0.15, 0.2) is 18.5 Å². The maximum atomic E-state index is 4.69. The van der Waals surface area contributed by atoms with Crippen LogP contribution in [0, 0.1) is 18.8 Å². The van der Waals surface area contributed by atoms with Crippen LogP contribution in [0.2, 0.25) is 0 Å². The lowest BCUT2D eigenvalue weighted by Crippen LogP contribution is -2.42. The predicted molar refractivity (Wildman–Crippen MR) is 84.3 cm³/mol.